The molecule has 132 valence electrons. The maximum absolute atomic E-state index is 11.6. The molecule has 1 saturated heterocycles. The van der Waals surface area contributed by atoms with E-state index < -0.39 is 18.6 Å². The summed E-state index contributed by atoms with van der Waals surface area (Å²) in [6.07, 6.45) is 3.33. The van der Waals surface area contributed by atoms with Crippen LogP contribution in [0.5, 0.6) is 0 Å². The van der Waals surface area contributed by atoms with Crippen LogP contribution in [0.25, 0.3) is 0 Å². The minimum absolute atomic E-state index is 0.162. The molecule has 1 heterocycles. The van der Waals surface area contributed by atoms with Crippen LogP contribution in [-0.2, 0) is 11.2 Å². The van der Waals surface area contributed by atoms with Gasteiger partial charge >= 0.3 is 13.1 Å². The standard InChI is InChI=1S/C17H27BN2O4/c19-17(16(21)22)13-20(12-15(17)9-4-10-18(23)24)11-5-8-14-6-2-1-3-7-14/h1-3,6-7,15,23-24H,4-5,8-13,19H2,(H,21,22)/t15-,17-/m0/s1. The number of nitrogens with two attached hydrogens (primary N) is 1. The highest BCUT2D eigenvalue weighted by atomic mass is 16.4. The summed E-state index contributed by atoms with van der Waals surface area (Å²) in [7, 11) is -1.34. The fourth-order valence-electron chi connectivity index (χ4n) is 3.50. The van der Waals surface area contributed by atoms with Crippen molar-refractivity contribution in [3.8, 4) is 0 Å². The number of likely N-dealkylation sites (tertiary alicyclic amines) is 1. The Morgan fingerprint density at radius 3 is 2.62 bits per heavy atom. The zero-order chi connectivity index (χ0) is 17.6. The number of carboxylic acid groups (broad SMARTS) is 1. The average Bonchev–Trinajstić information content (AvgIpc) is 2.86. The van der Waals surface area contributed by atoms with Crippen molar-refractivity contribution in [3.63, 3.8) is 0 Å². The van der Waals surface area contributed by atoms with E-state index in [2.05, 4.69) is 17.0 Å². The van der Waals surface area contributed by atoms with Gasteiger partial charge in [-0.2, -0.15) is 0 Å². The van der Waals surface area contributed by atoms with E-state index in [1.807, 2.05) is 18.2 Å². The predicted molar refractivity (Wildman–Crippen MR) is 93.5 cm³/mol. The lowest BCUT2D eigenvalue weighted by molar-refractivity contribution is -0.144. The van der Waals surface area contributed by atoms with Crippen molar-refractivity contribution in [3.05, 3.63) is 35.9 Å². The van der Waals surface area contributed by atoms with E-state index in [1.54, 1.807) is 0 Å². The smallest absolute Gasteiger partial charge is 0.451 e. The maximum Gasteiger partial charge on any atom is 0.451 e. The molecule has 1 aromatic rings. The van der Waals surface area contributed by atoms with Crippen LogP contribution in [0.3, 0.4) is 0 Å². The molecule has 0 amide bonds. The van der Waals surface area contributed by atoms with E-state index >= 15 is 0 Å². The van der Waals surface area contributed by atoms with Crippen molar-refractivity contribution in [1.29, 1.82) is 0 Å². The molecule has 1 aromatic carbocycles. The van der Waals surface area contributed by atoms with E-state index in [9.17, 15) is 9.90 Å². The molecule has 0 saturated carbocycles. The lowest BCUT2D eigenvalue weighted by Crippen LogP contribution is -2.54. The number of aliphatic carboxylic acids is 1. The molecule has 24 heavy (non-hydrogen) atoms. The quantitative estimate of drug-likeness (QED) is 0.492. The summed E-state index contributed by atoms with van der Waals surface area (Å²) in [6, 6.07) is 10.2. The molecule has 0 spiro atoms. The molecular weight excluding hydrogens is 307 g/mol. The van der Waals surface area contributed by atoms with Crippen LogP contribution in [0.2, 0.25) is 6.32 Å². The van der Waals surface area contributed by atoms with E-state index in [-0.39, 0.29) is 12.2 Å². The van der Waals surface area contributed by atoms with E-state index in [0.29, 0.717) is 25.9 Å². The highest BCUT2D eigenvalue weighted by Gasteiger charge is 2.48. The van der Waals surface area contributed by atoms with Crippen molar-refractivity contribution in [1.82, 2.24) is 4.90 Å². The molecule has 0 unspecified atom stereocenters. The molecule has 2 rings (SSSR count). The van der Waals surface area contributed by atoms with Crippen molar-refractivity contribution < 1.29 is 19.9 Å². The van der Waals surface area contributed by atoms with Crippen molar-refractivity contribution in [2.75, 3.05) is 19.6 Å². The third kappa shape index (κ3) is 5.04. The minimum Gasteiger partial charge on any atom is -0.480 e. The van der Waals surface area contributed by atoms with Crippen LogP contribution in [0.15, 0.2) is 30.3 Å². The van der Waals surface area contributed by atoms with Gasteiger partial charge in [0.05, 0.1) is 0 Å². The highest BCUT2D eigenvalue weighted by Crippen LogP contribution is 2.30. The van der Waals surface area contributed by atoms with E-state index in [0.717, 1.165) is 19.4 Å². The number of rotatable bonds is 9. The Kier molecular flexibility index (Phi) is 6.80. The Morgan fingerprint density at radius 1 is 1.29 bits per heavy atom. The number of hydrogen-bond acceptors (Lipinski definition) is 5. The van der Waals surface area contributed by atoms with Gasteiger partial charge in [-0.25, -0.2) is 0 Å². The Balaban J connectivity index is 1.85. The summed E-state index contributed by atoms with van der Waals surface area (Å²) in [4.78, 5) is 13.7. The zero-order valence-corrected chi connectivity index (χ0v) is 14.0. The van der Waals surface area contributed by atoms with Crippen LogP contribution >= 0.6 is 0 Å². The third-order valence-corrected chi connectivity index (χ3v) is 4.89. The molecule has 2 atom stereocenters. The fraction of sp³-hybridized carbons (Fsp3) is 0.588. The number of hydrogen-bond donors (Lipinski definition) is 4. The van der Waals surface area contributed by atoms with Crippen LogP contribution < -0.4 is 5.73 Å². The van der Waals surface area contributed by atoms with Gasteiger partial charge in [-0.15, -0.1) is 0 Å². The molecule has 7 heteroatoms. The summed E-state index contributed by atoms with van der Waals surface area (Å²) in [5, 5.41) is 27.4. The SMILES string of the molecule is N[C@@]1(C(=O)O)CN(CCCc2ccccc2)C[C@@H]1CCCB(O)O. The maximum atomic E-state index is 11.6. The third-order valence-electron chi connectivity index (χ3n) is 4.89. The summed E-state index contributed by atoms with van der Waals surface area (Å²) in [5.41, 5.74) is 6.21. The van der Waals surface area contributed by atoms with Crippen LogP contribution in [-0.4, -0.2) is 58.3 Å². The van der Waals surface area contributed by atoms with Crippen molar-refractivity contribution in [2.45, 2.75) is 37.5 Å². The highest BCUT2D eigenvalue weighted by molar-refractivity contribution is 6.40. The van der Waals surface area contributed by atoms with Crippen LogP contribution in [0.1, 0.15) is 24.8 Å². The van der Waals surface area contributed by atoms with E-state index in [1.165, 1.54) is 5.56 Å². The minimum atomic E-state index is -1.34. The fourth-order valence-corrected chi connectivity index (χ4v) is 3.50. The summed E-state index contributed by atoms with van der Waals surface area (Å²) < 4.78 is 0. The molecule has 0 aromatic heterocycles. The van der Waals surface area contributed by atoms with Gasteiger partial charge in [0, 0.05) is 19.0 Å². The Hall–Kier alpha value is -1.41. The molecule has 6 nitrogen and oxygen atoms in total. The van der Waals surface area contributed by atoms with Crippen molar-refractivity contribution in [2.24, 2.45) is 11.7 Å². The van der Waals surface area contributed by atoms with Gasteiger partial charge in [0.25, 0.3) is 0 Å². The molecule has 5 N–H and O–H groups in total. The molecular formula is C17H27BN2O4. The first-order valence-electron chi connectivity index (χ1n) is 8.56. The van der Waals surface area contributed by atoms with Gasteiger partial charge < -0.3 is 25.8 Å². The normalized spacial score (nSPS) is 24.2. The molecule has 0 bridgehead atoms. The zero-order valence-electron chi connectivity index (χ0n) is 14.0. The number of carboxylic acids is 1. The lowest BCUT2D eigenvalue weighted by Gasteiger charge is -2.25. The second kappa shape index (κ2) is 8.62. The van der Waals surface area contributed by atoms with Crippen LogP contribution in [0.4, 0.5) is 0 Å². The average molecular weight is 334 g/mol. The van der Waals surface area contributed by atoms with Gasteiger partial charge in [-0.1, -0.05) is 36.8 Å². The second-order valence-electron chi connectivity index (χ2n) is 6.78. The molecule has 0 aliphatic carbocycles. The second-order valence-corrected chi connectivity index (χ2v) is 6.78. The first kappa shape index (κ1) is 18.9. The molecule has 0 radical (unpaired) electrons. The lowest BCUT2D eigenvalue weighted by atomic mass is 9.78. The van der Waals surface area contributed by atoms with Gasteiger partial charge in [-0.05, 0) is 37.7 Å². The summed E-state index contributed by atoms with van der Waals surface area (Å²) in [5.74, 6) is -1.13. The first-order chi connectivity index (χ1) is 11.4. The Labute approximate surface area is 143 Å². The van der Waals surface area contributed by atoms with Gasteiger partial charge in [0.15, 0.2) is 0 Å². The predicted octanol–water partition coefficient (Wildman–Crippen LogP) is 0.586. The van der Waals surface area contributed by atoms with Gasteiger partial charge in [-0.3, -0.25) is 4.79 Å². The largest absolute Gasteiger partial charge is 0.480 e. The molecule has 1 fully saturated rings. The van der Waals surface area contributed by atoms with Gasteiger partial charge in [0.2, 0.25) is 0 Å². The number of nitrogens with zero attached hydrogens (tertiary/aromatic N) is 1. The molecule has 1 aliphatic heterocycles. The summed E-state index contributed by atoms with van der Waals surface area (Å²) in [6.45, 7) is 1.82. The topological polar surface area (TPSA) is 107 Å². The summed E-state index contributed by atoms with van der Waals surface area (Å²) >= 11 is 0. The van der Waals surface area contributed by atoms with Gasteiger partial charge in [0.1, 0.15) is 5.54 Å². The first-order valence-corrected chi connectivity index (χ1v) is 8.56. The number of carbonyl (C=O) groups is 1. The Morgan fingerprint density at radius 2 is 2.00 bits per heavy atom. The van der Waals surface area contributed by atoms with Crippen LogP contribution in [0, 0.1) is 5.92 Å². The monoisotopic (exact) mass is 334 g/mol. The molecule has 1 aliphatic rings. The number of benzene rings is 1. The van der Waals surface area contributed by atoms with E-state index in [4.69, 9.17) is 15.8 Å². The Bertz CT molecular complexity index is 529. The number of aryl methyl sites for hydroxylation is 1. The van der Waals surface area contributed by atoms with Crippen molar-refractivity contribution >= 4 is 13.1 Å².